The van der Waals surface area contributed by atoms with Gasteiger partial charge in [-0.25, -0.2) is 0 Å². The summed E-state index contributed by atoms with van der Waals surface area (Å²) in [7, 11) is 3.28. The van der Waals surface area contributed by atoms with Crippen LogP contribution in [0, 0.1) is 0 Å². The minimum absolute atomic E-state index is 0. The number of guanidine groups is 1. The molecule has 7 heteroatoms. The van der Waals surface area contributed by atoms with Crippen LogP contribution in [-0.4, -0.2) is 46.5 Å². The van der Waals surface area contributed by atoms with E-state index in [2.05, 4.69) is 10.3 Å². The summed E-state index contributed by atoms with van der Waals surface area (Å²) < 4.78 is 15.6. The first-order chi connectivity index (χ1) is 9.76. The van der Waals surface area contributed by atoms with Gasteiger partial charge < -0.3 is 25.3 Å². The Hall–Kier alpha value is -1.22. The Morgan fingerprint density at radius 1 is 1.24 bits per heavy atom. The van der Waals surface area contributed by atoms with Gasteiger partial charge in [-0.3, -0.25) is 4.99 Å². The van der Waals surface area contributed by atoms with E-state index in [9.17, 15) is 0 Å². The van der Waals surface area contributed by atoms with Gasteiger partial charge in [0.2, 0.25) is 0 Å². The van der Waals surface area contributed by atoms with Crippen molar-refractivity contribution in [1.29, 1.82) is 0 Å². The van der Waals surface area contributed by atoms with E-state index in [0.717, 1.165) is 17.9 Å². The van der Waals surface area contributed by atoms with Crippen LogP contribution in [0.25, 0.3) is 0 Å². The molecular weight excluding hydrogens is 385 g/mol. The molecule has 0 saturated carbocycles. The van der Waals surface area contributed by atoms with Gasteiger partial charge in [-0.05, 0) is 12.1 Å². The van der Waals surface area contributed by atoms with E-state index in [-0.39, 0.29) is 24.0 Å². The molecule has 0 heterocycles. The lowest BCUT2D eigenvalue weighted by molar-refractivity contribution is 0.204. The van der Waals surface area contributed by atoms with Gasteiger partial charge in [0, 0.05) is 32.7 Å². The molecule has 3 N–H and O–H groups in total. The number of ether oxygens (including phenoxy) is 3. The molecule has 0 bridgehead atoms. The zero-order chi connectivity index (χ0) is 14.6. The summed E-state index contributed by atoms with van der Waals surface area (Å²) in [5.41, 5.74) is 5.67. The Balaban J connectivity index is 0.00000400. The lowest BCUT2D eigenvalue weighted by Crippen LogP contribution is -2.34. The Labute approximate surface area is 143 Å². The van der Waals surface area contributed by atoms with Crippen molar-refractivity contribution in [2.75, 3.05) is 40.5 Å². The first-order valence-corrected chi connectivity index (χ1v) is 6.56. The quantitative estimate of drug-likeness (QED) is 0.281. The van der Waals surface area contributed by atoms with Gasteiger partial charge in [-0.2, -0.15) is 0 Å². The predicted octanol–water partition coefficient (Wildman–Crippen LogP) is 1.63. The average molecular weight is 409 g/mol. The number of aliphatic imine (C=N–C) groups is 1. The second-order valence-electron chi connectivity index (χ2n) is 4.07. The van der Waals surface area contributed by atoms with Crippen LogP contribution in [0.15, 0.2) is 29.3 Å². The number of hydrogen-bond donors (Lipinski definition) is 2. The van der Waals surface area contributed by atoms with Crippen molar-refractivity contribution in [1.82, 2.24) is 5.32 Å². The van der Waals surface area contributed by atoms with Crippen LogP contribution >= 0.6 is 24.0 Å². The van der Waals surface area contributed by atoms with E-state index in [1.54, 1.807) is 14.2 Å². The number of nitrogens with two attached hydrogens (primary N) is 1. The molecule has 0 saturated heterocycles. The van der Waals surface area contributed by atoms with E-state index >= 15 is 0 Å². The highest BCUT2D eigenvalue weighted by atomic mass is 127. The van der Waals surface area contributed by atoms with Crippen LogP contribution in [-0.2, 0) is 4.74 Å². The van der Waals surface area contributed by atoms with E-state index in [0.29, 0.717) is 32.3 Å². The van der Waals surface area contributed by atoms with Gasteiger partial charge in [0.05, 0.1) is 20.3 Å². The summed E-state index contributed by atoms with van der Waals surface area (Å²) >= 11 is 0. The molecule has 0 unspecified atom stereocenters. The molecule has 0 spiro atoms. The molecule has 0 aliphatic carbocycles. The SMILES string of the molecule is COCCNC(N)=NCCCOc1cccc(OC)c1.I. The summed E-state index contributed by atoms with van der Waals surface area (Å²) in [6, 6.07) is 7.52. The fourth-order valence-corrected chi connectivity index (χ4v) is 1.48. The van der Waals surface area contributed by atoms with Gasteiger partial charge in [-0.1, -0.05) is 6.07 Å². The van der Waals surface area contributed by atoms with Crippen molar-refractivity contribution in [3.8, 4) is 11.5 Å². The molecule has 21 heavy (non-hydrogen) atoms. The third-order valence-electron chi connectivity index (χ3n) is 2.51. The molecule has 1 aromatic carbocycles. The van der Waals surface area contributed by atoms with Crippen molar-refractivity contribution < 1.29 is 14.2 Å². The molecule has 1 aromatic rings. The van der Waals surface area contributed by atoms with E-state index in [1.165, 1.54) is 0 Å². The number of nitrogens with zero attached hydrogens (tertiary/aromatic N) is 1. The Morgan fingerprint density at radius 3 is 2.71 bits per heavy atom. The molecular formula is C14H24IN3O3. The zero-order valence-electron chi connectivity index (χ0n) is 12.5. The average Bonchev–Trinajstić information content (AvgIpc) is 2.47. The summed E-state index contributed by atoms with van der Waals surface area (Å²) in [5.74, 6) is 2.01. The normalized spacial score (nSPS) is 10.7. The maximum atomic E-state index is 5.67. The fourth-order valence-electron chi connectivity index (χ4n) is 1.48. The van der Waals surface area contributed by atoms with Crippen LogP contribution in [0.1, 0.15) is 6.42 Å². The van der Waals surface area contributed by atoms with Crippen molar-refractivity contribution >= 4 is 29.9 Å². The Kier molecular flexibility index (Phi) is 11.8. The fraction of sp³-hybridized carbons (Fsp3) is 0.500. The van der Waals surface area contributed by atoms with Gasteiger partial charge >= 0.3 is 0 Å². The summed E-state index contributed by atoms with van der Waals surface area (Å²) in [5, 5.41) is 2.95. The minimum Gasteiger partial charge on any atom is -0.497 e. The standard InChI is InChI=1S/C14H23N3O3.HI/c1-18-10-8-17-14(15)16-7-4-9-20-13-6-3-5-12(11-13)19-2;/h3,5-6,11H,4,7-10H2,1-2H3,(H3,15,16,17);1H. The van der Waals surface area contributed by atoms with E-state index in [1.807, 2.05) is 24.3 Å². The first-order valence-electron chi connectivity index (χ1n) is 6.56. The van der Waals surface area contributed by atoms with Crippen molar-refractivity contribution in [2.24, 2.45) is 10.7 Å². The van der Waals surface area contributed by atoms with Crippen molar-refractivity contribution in [3.05, 3.63) is 24.3 Å². The molecule has 0 aliphatic rings. The molecule has 120 valence electrons. The van der Waals surface area contributed by atoms with Crippen LogP contribution in [0.2, 0.25) is 0 Å². The smallest absolute Gasteiger partial charge is 0.188 e. The molecule has 1 rings (SSSR count). The highest BCUT2D eigenvalue weighted by Gasteiger charge is 1.96. The second-order valence-corrected chi connectivity index (χ2v) is 4.07. The van der Waals surface area contributed by atoms with Gasteiger partial charge in [-0.15, -0.1) is 24.0 Å². The highest BCUT2D eigenvalue weighted by Crippen LogP contribution is 2.18. The lowest BCUT2D eigenvalue weighted by Gasteiger charge is -2.07. The summed E-state index contributed by atoms with van der Waals surface area (Å²) in [6.45, 7) is 2.47. The molecule has 0 aromatic heterocycles. The third kappa shape index (κ3) is 9.35. The second kappa shape index (κ2) is 12.5. The monoisotopic (exact) mass is 409 g/mol. The number of nitrogens with one attached hydrogen (secondary N) is 1. The maximum Gasteiger partial charge on any atom is 0.188 e. The third-order valence-corrected chi connectivity index (χ3v) is 2.51. The molecule has 0 atom stereocenters. The Bertz CT molecular complexity index is 416. The van der Waals surface area contributed by atoms with Crippen molar-refractivity contribution in [3.63, 3.8) is 0 Å². The molecule has 0 radical (unpaired) electrons. The van der Waals surface area contributed by atoms with Crippen LogP contribution in [0.4, 0.5) is 0 Å². The maximum absolute atomic E-state index is 5.67. The zero-order valence-corrected chi connectivity index (χ0v) is 14.8. The molecule has 6 nitrogen and oxygen atoms in total. The topological polar surface area (TPSA) is 78.1 Å². The largest absolute Gasteiger partial charge is 0.497 e. The van der Waals surface area contributed by atoms with Gasteiger partial charge in [0.25, 0.3) is 0 Å². The van der Waals surface area contributed by atoms with E-state index in [4.69, 9.17) is 19.9 Å². The van der Waals surface area contributed by atoms with Crippen molar-refractivity contribution in [2.45, 2.75) is 6.42 Å². The van der Waals surface area contributed by atoms with Crippen LogP contribution < -0.4 is 20.5 Å². The number of rotatable bonds is 9. The van der Waals surface area contributed by atoms with Gasteiger partial charge in [0.1, 0.15) is 11.5 Å². The number of methoxy groups -OCH3 is 2. The van der Waals surface area contributed by atoms with E-state index < -0.39 is 0 Å². The number of hydrogen-bond acceptors (Lipinski definition) is 4. The van der Waals surface area contributed by atoms with Gasteiger partial charge in [0.15, 0.2) is 5.96 Å². The van der Waals surface area contributed by atoms with Crippen LogP contribution in [0.3, 0.4) is 0 Å². The molecule has 0 amide bonds. The molecule has 0 fully saturated rings. The minimum atomic E-state index is 0. The highest BCUT2D eigenvalue weighted by molar-refractivity contribution is 14.0. The predicted molar refractivity (Wildman–Crippen MR) is 94.9 cm³/mol. The first kappa shape index (κ1) is 19.8. The molecule has 0 aliphatic heterocycles. The summed E-state index contributed by atoms with van der Waals surface area (Å²) in [6.07, 6.45) is 0.796. The Morgan fingerprint density at radius 2 is 2.00 bits per heavy atom. The van der Waals surface area contributed by atoms with Crippen LogP contribution in [0.5, 0.6) is 11.5 Å². The number of halogens is 1. The summed E-state index contributed by atoms with van der Waals surface area (Å²) in [4.78, 5) is 4.18. The lowest BCUT2D eigenvalue weighted by atomic mass is 10.3. The number of benzene rings is 1.